The molecule has 0 saturated heterocycles. The van der Waals surface area contributed by atoms with Gasteiger partial charge in [-0.3, -0.25) is 4.98 Å². The van der Waals surface area contributed by atoms with Gasteiger partial charge < -0.3 is 10.1 Å². The van der Waals surface area contributed by atoms with E-state index >= 15 is 0 Å². The number of aromatic nitrogens is 1. The molecule has 1 aromatic heterocycles. The summed E-state index contributed by atoms with van der Waals surface area (Å²) in [6.45, 7) is 4.31. The van der Waals surface area contributed by atoms with Gasteiger partial charge in [-0.2, -0.15) is 0 Å². The number of hydrogen-bond acceptors (Lipinski definition) is 3. The Labute approximate surface area is 114 Å². The molecule has 2 rings (SSSR count). The first-order valence-electron chi connectivity index (χ1n) is 6.50. The lowest BCUT2D eigenvalue weighted by atomic mass is 10.1. The van der Waals surface area contributed by atoms with Crippen LogP contribution in [0.25, 0.3) is 0 Å². The molecule has 0 aliphatic heterocycles. The van der Waals surface area contributed by atoms with Gasteiger partial charge in [0.05, 0.1) is 7.11 Å². The molecule has 100 valence electrons. The number of rotatable bonds is 5. The monoisotopic (exact) mass is 256 g/mol. The van der Waals surface area contributed by atoms with Crippen molar-refractivity contribution in [2.24, 2.45) is 0 Å². The molecular weight excluding hydrogens is 236 g/mol. The minimum Gasteiger partial charge on any atom is -0.497 e. The van der Waals surface area contributed by atoms with E-state index in [-0.39, 0.29) is 12.1 Å². The van der Waals surface area contributed by atoms with Crippen LogP contribution in [0, 0.1) is 0 Å². The third-order valence-electron chi connectivity index (χ3n) is 3.30. The fourth-order valence-corrected chi connectivity index (χ4v) is 2.09. The molecule has 1 N–H and O–H groups in total. The Morgan fingerprint density at radius 1 is 1.00 bits per heavy atom. The summed E-state index contributed by atoms with van der Waals surface area (Å²) >= 11 is 0. The summed E-state index contributed by atoms with van der Waals surface area (Å²) in [7, 11) is 1.68. The summed E-state index contributed by atoms with van der Waals surface area (Å²) in [5.74, 6) is 0.885. The minimum absolute atomic E-state index is 0.269. The zero-order valence-corrected chi connectivity index (χ0v) is 11.6. The van der Waals surface area contributed by atoms with Gasteiger partial charge in [-0.25, -0.2) is 0 Å². The van der Waals surface area contributed by atoms with Crippen molar-refractivity contribution in [3.05, 3.63) is 59.9 Å². The minimum atomic E-state index is 0.269. The Balaban J connectivity index is 2.02. The van der Waals surface area contributed by atoms with E-state index in [1.165, 1.54) is 11.1 Å². The largest absolute Gasteiger partial charge is 0.497 e. The zero-order chi connectivity index (χ0) is 13.7. The Bertz CT molecular complexity index is 496. The van der Waals surface area contributed by atoms with Gasteiger partial charge in [0.25, 0.3) is 0 Å². The smallest absolute Gasteiger partial charge is 0.118 e. The highest BCUT2D eigenvalue weighted by atomic mass is 16.5. The fourth-order valence-electron chi connectivity index (χ4n) is 2.09. The normalized spacial score (nSPS) is 13.8. The topological polar surface area (TPSA) is 34.1 Å². The molecule has 0 aliphatic carbocycles. The first kappa shape index (κ1) is 13.6. The molecule has 0 fully saturated rings. The second kappa shape index (κ2) is 6.34. The number of hydrogen-bond donors (Lipinski definition) is 1. The number of benzene rings is 1. The summed E-state index contributed by atoms with van der Waals surface area (Å²) < 4.78 is 5.17. The summed E-state index contributed by atoms with van der Waals surface area (Å²) in [6, 6.07) is 12.8. The van der Waals surface area contributed by atoms with Crippen molar-refractivity contribution >= 4 is 0 Å². The molecule has 2 atom stereocenters. The Kier molecular flexibility index (Phi) is 4.53. The van der Waals surface area contributed by atoms with E-state index in [0.29, 0.717) is 0 Å². The highest BCUT2D eigenvalue weighted by Gasteiger charge is 2.11. The van der Waals surface area contributed by atoms with E-state index in [0.717, 1.165) is 5.75 Å². The predicted octanol–water partition coefficient (Wildman–Crippen LogP) is 3.50. The molecule has 0 bridgehead atoms. The Hall–Kier alpha value is -1.87. The van der Waals surface area contributed by atoms with Crippen LogP contribution in [0.3, 0.4) is 0 Å². The van der Waals surface area contributed by atoms with E-state index < -0.39 is 0 Å². The molecule has 0 amide bonds. The molecule has 2 unspecified atom stereocenters. The van der Waals surface area contributed by atoms with Gasteiger partial charge in [-0.1, -0.05) is 18.2 Å². The van der Waals surface area contributed by atoms with Crippen molar-refractivity contribution < 1.29 is 4.74 Å². The third kappa shape index (κ3) is 3.55. The average Bonchev–Trinajstić information content (AvgIpc) is 2.48. The van der Waals surface area contributed by atoms with E-state index in [2.05, 4.69) is 42.3 Å². The van der Waals surface area contributed by atoms with Gasteiger partial charge in [-0.05, 0) is 43.2 Å². The summed E-state index contributed by atoms with van der Waals surface area (Å²) in [4.78, 5) is 4.15. The number of ether oxygens (including phenoxy) is 1. The number of methoxy groups -OCH3 is 1. The summed E-state index contributed by atoms with van der Waals surface area (Å²) in [6.07, 6.45) is 3.70. The van der Waals surface area contributed by atoms with Crippen molar-refractivity contribution in [2.75, 3.05) is 7.11 Å². The van der Waals surface area contributed by atoms with Crippen LogP contribution in [0.5, 0.6) is 5.75 Å². The zero-order valence-electron chi connectivity index (χ0n) is 11.6. The van der Waals surface area contributed by atoms with Crippen LogP contribution in [0.4, 0.5) is 0 Å². The van der Waals surface area contributed by atoms with E-state index in [1.54, 1.807) is 13.3 Å². The van der Waals surface area contributed by atoms with Crippen LogP contribution in [-0.2, 0) is 0 Å². The van der Waals surface area contributed by atoms with Crippen LogP contribution in [-0.4, -0.2) is 12.1 Å². The Morgan fingerprint density at radius 3 is 2.26 bits per heavy atom. The van der Waals surface area contributed by atoms with Crippen LogP contribution in [0.2, 0.25) is 0 Å². The lowest BCUT2D eigenvalue weighted by Crippen LogP contribution is -2.22. The van der Waals surface area contributed by atoms with E-state index in [4.69, 9.17) is 4.74 Å². The van der Waals surface area contributed by atoms with Crippen molar-refractivity contribution in [2.45, 2.75) is 25.9 Å². The van der Waals surface area contributed by atoms with Crippen LogP contribution >= 0.6 is 0 Å². The quantitative estimate of drug-likeness (QED) is 0.889. The summed E-state index contributed by atoms with van der Waals surface area (Å²) in [5, 5.41) is 3.57. The van der Waals surface area contributed by atoms with Crippen molar-refractivity contribution in [3.63, 3.8) is 0 Å². The molecule has 19 heavy (non-hydrogen) atoms. The van der Waals surface area contributed by atoms with Crippen molar-refractivity contribution in [1.29, 1.82) is 0 Å². The molecule has 3 heteroatoms. The maximum absolute atomic E-state index is 5.17. The molecule has 2 aromatic rings. The van der Waals surface area contributed by atoms with Gasteiger partial charge in [0.1, 0.15) is 5.75 Å². The maximum atomic E-state index is 5.17. The van der Waals surface area contributed by atoms with E-state index in [1.807, 2.05) is 24.4 Å². The number of nitrogens with zero attached hydrogens (tertiary/aromatic N) is 1. The van der Waals surface area contributed by atoms with Gasteiger partial charge in [0, 0.05) is 24.5 Å². The molecule has 3 nitrogen and oxygen atoms in total. The van der Waals surface area contributed by atoms with Gasteiger partial charge in [0.15, 0.2) is 0 Å². The second-order valence-electron chi connectivity index (χ2n) is 4.67. The molecule has 1 heterocycles. The van der Waals surface area contributed by atoms with Crippen LogP contribution in [0.1, 0.15) is 37.1 Å². The SMILES string of the molecule is COc1ccc(C(C)NC(C)c2cccnc2)cc1. The molecule has 0 spiro atoms. The fraction of sp³-hybridized carbons (Fsp3) is 0.312. The average molecular weight is 256 g/mol. The maximum Gasteiger partial charge on any atom is 0.118 e. The first-order valence-corrected chi connectivity index (χ1v) is 6.50. The van der Waals surface area contributed by atoms with E-state index in [9.17, 15) is 0 Å². The number of pyridine rings is 1. The molecule has 0 radical (unpaired) electrons. The molecule has 0 saturated carbocycles. The lowest BCUT2D eigenvalue weighted by molar-refractivity contribution is 0.414. The predicted molar refractivity (Wildman–Crippen MR) is 77.2 cm³/mol. The standard InChI is InChI=1S/C16H20N2O/c1-12(14-6-8-16(19-3)9-7-14)18-13(2)15-5-4-10-17-11-15/h4-13,18H,1-3H3. The van der Waals surface area contributed by atoms with Gasteiger partial charge in [-0.15, -0.1) is 0 Å². The number of nitrogens with one attached hydrogen (secondary N) is 1. The first-order chi connectivity index (χ1) is 9.20. The molecular formula is C16H20N2O. The van der Waals surface area contributed by atoms with Crippen LogP contribution in [0.15, 0.2) is 48.8 Å². The lowest BCUT2D eigenvalue weighted by Gasteiger charge is -2.20. The Morgan fingerprint density at radius 2 is 1.68 bits per heavy atom. The molecule has 1 aromatic carbocycles. The van der Waals surface area contributed by atoms with Crippen molar-refractivity contribution in [3.8, 4) is 5.75 Å². The van der Waals surface area contributed by atoms with Gasteiger partial charge in [0.2, 0.25) is 0 Å². The third-order valence-corrected chi connectivity index (χ3v) is 3.30. The van der Waals surface area contributed by atoms with Crippen LogP contribution < -0.4 is 10.1 Å². The highest BCUT2D eigenvalue weighted by molar-refractivity contribution is 5.29. The van der Waals surface area contributed by atoms with Gasteiger partial charge >= 0.3 is 0 Å². The highest BCUT2D eigenvalue weighted by Crippen LogP contribution is 2.20. The molecule has 0 aliphatic rings. The second-order valence-corrected chi connectivity index (χ2v) is 4.67. The summed E-state index contributed by atoms with van der Waals surface area (Å²) in [5.41, 5.74) is 2.44. The van der Waals surface area contributed by atoms with Crippen molar-refractivity contribution in [1.82, 2.24) is 10.3 Å².